The fourth-order valence-electron chi connectivity index (χ4n) is 4.66. The summed E-state index contributed by atoms with van der Waals surface area (Å²) in [6, 6.07) is 7.61. The van der Waals surface area contributed by atoms with E-state index in [0.717, 1.165) is 43.5 Å². The summed E-state index contributed by atoms with van der Waals surface area (Å²) < 4.78 is 2.01. The van der Waals surface area contributed by atoms with Crippen molar-refractivity contribution in [2.24, 2.45) is 5.41 Å². The van der Waals surface area contributed by atoms with Gasteiger partial charge in [0, 0.05) is 54.3 Å². The summed E-state index contributed by atoms with van der Waals surface area (Å²) in [7, 11) is 2.12. The lowest BCUT2D eigenvalue weighted by molar-refractivity contribution is -0.160. The molecule has 1 atom stereocenters. The van der Waals surface area contributed by atoms with Crippen molar-refractivity contribution in [1.82, 2.24) is 14.4 Å². The van der Waals surface area contributed by atoms with Gasteiger partial charge in [-0.1, -0.05) is 25.1 Å². The number of hydrogen-bond donors (Lipinski definition) is 0. The van der Waals surface area contributed by atoms with Gasteiger partial charge in [0.2, 0.25) is 5.91 Å². The monoisotopic (exact) mass is 339 g/mol. The Morgan fingerprint density at radius 2 is 1.84 bits per heavy atom. The van der Waals surface area contributed by atoms with E-state index in [2.05, 4.69) is 11.9 Å². The van der Waals surface area contributed by atoms with Crippen molar-refractivity contribution in [1.29, 1.82) is 0 Å². The number of carbonyl (C=O) groups is 2. The smallest absolute Gasteiger partial charge is 0.245 e. The first-order valence-corrected chi connectivity index (χ1v) is 9.02. The molecule has 1 aromatic carbocycles. The molecule has 0 bridgehead atoms. The average molecular weight is 339 g/mol. The molecule has 4 rings (SSSR count). The molecule has 1 amide bonds. The zero-order valence-electron chi connectivity index (χ0n) is 15.2. The summed E-state index contributed by atoms with van der Waals surface area (Å²) in [6.07, 6.45) is 2.59. The largest absolute Gasteiger partial charge is 0.339 e. The number of carbonyl (C=O) groups excluding carboxylic acids is 2. The third kappa shape index (κ3) is 2.49. The first-order valence-electron chi connectivity index (χ1n) is 9.02. The number of nitrogens with zero attached hydrogens (tertiary/aromatic N) is 3. The van der Waals surface area contributed by atoms with Crippen LogP contribution in [-0.2, 0) is 4.79 Å². The van der Waals surface area contributed by atoms with Gasteiger partial charge in [-0.3, -0.25) is 9.59 Å². The highest BCUT2D eigenvalue weighted by atomic mass is 16.2. The first-order chi connectivity index (χ1) is 11.9. The summed E-state index contributed by atoms with van der Waals surface area (Å²) in [4.78, 5) is 29.4. The normalized spacial score (nSPS) is 20.4. The van der Waals surface area contributed by atoms with Gasteiger partial charge in [-0.2, -0.15) is 0 Å². The average Bonchev–Trinajstić information content (AvgIpc) is 2.90. The van der Waals surface area contributed by atoms with Crippen LogP contribution in [-0.4, -0.2) is 59.3 Å². The van der Waals surface area contributed by atoms with Crippen molar-refractivity contribution in [3.8, 4) is 0 Å². The van der Waals surface area contributed by atoms with E-state index >= 15 is 0 Å². The fourth-order valence-corrected chi connectivity index (χ4v) is 4.66. The molecular formula is C20H25N3O2. The standard InChI is InChI=1S/C20H25N3O2/c1-4-17(19(25)22-12-20(13-22)10-21(3)11-20)23-9-16(14(2)24)15-7-5-6-8-18(15)23/h5-9,17H,4,10-13H2,1-3H3. The molecule has 2 aromatic rings. The van der Waals surface area contributed by atoms with Crippen LogP contribution in [0.2, 0.25) is 0 Å². The van der Waals surface area contributed by atoms with Gasteiger partial charge in [0.1, 0.15) is 6.04 Å². The number of ketones is 1. The Kier molecular flexibility index (Phi) is 3.72. The Balaban J connectivity index is 1.62. The van der Waals surface area contributed by atoms with E-state index < -0.39 is 0 Å². The topological polar surface area (TPSA) is 45.6 Å². The van der Waals surface area contributed by atoms with E-state index in [1.807, 2.05) is 46.9 Å². The Bertz CT molecular complexity index is 840. The predicted molar refractivity (Wildman–Crippen MR) is 97.8 cm³/mol. The molecule has 0 aliphatic carbocycles. The van der Waals surface area contributed by atoms with Crippen molar-refractivity contribution in [2.75, 3.05) is 33.2 Å². The number of rotatable bonds is 4. The minimum atomic E-state index is -0.242. The summed E-state index contributed by atoms with van der Waals surface area (Å²) in [5.74, 6) is 0.219. The molecule has 5 heteroatoms. The molecule has 0 radical (unpaired) electrons. The lowest BCUT2D eigenvalue weighted by Gasteiger charge is -2.59. The summed E-state index contributed by atoms with van der Waals surface area (Å²) in [6.45, 7) is 7.54. The maximum absolute atomic E-state index is 13.1. The number of benzene rings is 1. The van der Waals surface area contributed by atoms with Crippen LogP contribution in [0.1, 0.15) is 36.7 Å². The zero-order valence-corrected chi connectivity index (χ0v) is 15.2. The maximum Gasteiger partial charge on any atom is 0.245 e. The van der Waals surface area contributed by atoms with Gasteiger partial charge in [-0.25, -0.2) is 0 Å². The summed E-state index contributed by atoms with van der Waals surface area (Å²) >= 11 is 0. The van der Waals surface area contributed by atoms with Gasteiger partial charge in [0.25, 0.3) is 0 Å². The summed E-state index contributed by atoms with van der Waals surface area (Å²) in [5, 5.41) is 0.932. The number of hydrogen-bond acceptors (Lipinski definition) is 3. The molecule has 2 aliphatic rings. The van der Waals surface area contributed by atoms with Gasteiger partial charge >= 0.3 is 0 Å². The second-order valence-electron chi connectivity index (χ2n) is 7.81. The van der Waals surface area contributed by atoms with E-state index in [1.165, 1.54) is 0 Å². The second-order valence-corrected chi connectivity index (χ2v) is 7.81. The van der Waals surface area contributed by atoms with Crippen molar-refractivity contribution >= 4 is 22.6 Å². The number of Topliss-reactive ketones (excluding diaryl/α,β-unsaturated/α-hetero) is 1. The zero-order chi connectivity index (χ0) is 17.8. The SMILES string of the molecule is CCC(C(=O)N1CC2(CN(C)C2)C1)n1cc(C(C)=O)c2ccccc21. The van der Waals surface area contributed by atoms with E-state index in [-0.39, 0.29) is 17.7 Å². The van der Waals surface area contributed by atoms with Crippen LogP contribution in [0.4, 0.5) is 0 Å². The lowest BCUT2D eigenvalue weighted by Crippen LogP contribution is -2.72. The molecule has 0 N–H and O–H groups in total. The number of fused-ring (bicyclic) bond motifs is 1. The second kappa shape index (κ2) is 5.70. The predicted octanol–water partition coefficient (Wildman–Crippen LogP) is 2.57. The quantitative estimate of drug-likeness (QED) is 0.804. The Hall–Kier alpha value is -2.14. The molecule has 25 heavy (non-hydrogen) atoms. The van der Waals surface area contributed by atoms with Gasteiger partial charge in [0.15, 0.2) is 5.78 Å². The van der Waals surface area contributed by atoms with Crippen LogP contribution in [0.3, 0.4) is 0 Å². The Morgan fingerprint density at radius 3 is 2.44 bits per heavy atom. The molecule has 1 aromatic heterocycles. The molecule has 2 aliphatic heterocycles. The Morgan fingerprint density at radius 1 is 1.16 bits per heavy atom. The molecule has 1 spiro atoms. The third-order valence-electron chi connectivity index (χ3n) is 5.70. The maximum atomic E-state index is 13.1. The molecule has 1 unspecified atom stereocenters. The number of aromatic nitrogens is 1. The van der Waals surface area contributed by atoms with Gasteiger partial charge in [0.05, 0.1) is 0 Å². The first kappa shape index (κ1) is 16.3. The highest BCUT2D eigenvalue weighted by Gasteiger charge is 2.52. The number of para-hydroxylation sites is 1. The van der Waals surface area contributed by atoms with Crippen molar-refractivity contribution in [3.05, 3.63) is 36.0 Å². The van der Waals surface area contributed by atoms with Crippen LogP contribution in [0.25, 0.3) is 10.9 Å². The third-order valence-corrected chi connectivity index (χ3v) is 5.70. The van der Waals surface area contributed by atoms with Crippen LogP contribution >= 0.6 is 0 Å². The number of likely N-dealkylation sites (tertiary alicyclic amines) is 2. The molecule has 5 nitrogen and oxygen atoms in total. The molecule has 0 saturated carbocycles. The van der Waals surface area contributed by atoms with E-state index in [1.54, 1.807) is 6.92 Å². The van der Waals surface area contributed by atoms with Crippen LogP contribution in [0.15, 0.2) is 30.5 Å². The minimum absolute atomic E-state index is 0.0395. The summed E-state index contributed by atoms with van der Waals surface area (Å²) in [5.41, 5.74) is 2.00. The van der Waals surface area contributed by atoms with Crippen LogP contribution in [0.5, 0.6) is 0 Å². The van der Waals surface area contributed by atoms with E-state index in [0.29, 0.717) is 11.0 Å². The van der Waals surface area contributed by atoms with E-state index in [4.69, 9.17) is 0 Å². The minimum Gasteiger partial charge on any atom is -0.339 e. The van der Waals surface area contributed by atoms with Crippen molar-refractivity contribution in [2.45, 2.75) is 26.3 Å². The van der Waals surface area contributed by atoms with Crippen LogP contribution in [0, 0.1) is 5.41 Å². The highest BCUT2D eigenvalue weighted by molar-refractivity contribution is 6.07. The lowest BCUT2D eigenvalue weighted by atomic mass is 9.73. The van der Waals surface area contributed by atoms with Crippen molar-refractivity contribution in [3.63, 3.8) is 0 Å². The van der Waals surface area contributed by atoms with Gasteiger partial charge in [-0.15, -0.1) is 0 Å². The Labute approximate surface area is 148 Å². The fraction of sp³-hybridized carbons (Fsp3) is 0.500. The molecule has 132 valence electrons. The molecule has 2 saturated heterocycles. The van der Waals surface area contributed by atoms with Crippen LogP contribution < -0.4 is 0 Å². The number of amides is 1. The van der Waals surface area contributed by atoms with Gasteiger partial charge < -0.3 is 14.4 Å². The molecular weight excluding hydrogens is 314 g/mol. The van der Waals surface area contributed by atoms with E-state index in [9.17, 15) is 9.59 Å². The molecule has 2 fully saturated rings. The molecule has 3 heterocycles. The van der Waals surface area contributed by atoms with Crippen molar-refractivity contribution < 1.29 is 9.59 Å². The highest BCUT2D eigenvalue weighted by Crippen LogP contribution is 2.40. The van der Waals surface area contributed by atoms with Gasteiger partial charge in [-0.05, 0) is 26.5 Å².